The largest absolute Gasteiger partial charge is 0.471 e. The molecular weight excluding hydrogens is 326 g/mol. The van der Waals surface area contributed by atoms with Crippen LogP contribution in [-0.2, 0) is 9.53 Å². The lowest BCUT2D eigenvalue weighted by molar-refractivity contribution is -0.139. The van der Waals surface area contributed by atoms with Gasteiger partial charge in [0.15, 0.2) is 0 Å². The van der Waals surface area contributed by atoms with Gasteiger partial charge in [-0.1, -0.05) is 6.42 Å². The molecule has 1 aliphatic heterocycles. The van der Waals surface area contributed by atoms with Gasteiger partial charge >= 0.3 is 5.69 Å². The van der Waals surface area contributed by atoms with Gasteiger partial charge in [0.1, 0.15) is 11.2 Å². The first-order valence-electron chi connectivity index (χ1n) is 8.68. The van der Waals surface area contributed by atoms with Crippen molar-refractivity contribution >= 4 is 5.91 Å². The number of aromatic amines is 2. The molecule has 0 radical (unpaired) electrons. The molecule has 8 nitrogen and oxygen atoms in total. The van der Waals surface area contributed by atoms with Crippen LogP contribution in [-0.4, -0.2) is 40.7 Å². The van der Waals surface area contributed by atoms with Crippen molar-refractivity contribution in [3.05, 3.63) is 26.4 Å². The molecule has 0 spiro atoms. The molecule has 3 N–H and O–H groups in total. The molecule has 138 valence electrons. The average molecular weight is 351 g/mol. The molecule has 0 bridgehead atoms. The molecule has 0 saturated heterocycles. The number of hydrogen-bond acceptors (Lipinski definition) is 5. The maximum atomic E-state index is 12.2. The first-order chi connectivity index (χ1) is 11.8. The summed E-state index contributed by atoms with van der Waals surface area (Å²) in [6.07, 6.45) is 4.19. The molecule has 0 unspecified atom stereocenters. The number of fused-ring (bicyclic) bond motifs is 3. The lowest BCUT2D eigenvalue weighted by atomic mass is 9.72. The number of carbonyl (C=O) groups excluding carboxylic acids is 1. The van der Waals surface area contributed by atoms with Gasteiger partial charge in [0.2, 0.25) is 5.88 Å². The monoisotopic (exact) mass is 351 g/mol. The topological polar surface area (TPSA) is 113 Å². The van der Waals surface area contributed by atoms with Crippen LogP contribution in [0.2, 0.25) is 0 Å². The van der Waals surface area contributed by atoms with Crippen LogP contribution in [0.4, 0.5) is 0 Å². The van der Waals surface area contributed by atoms with Gasteiger partial charge in [0, 0.05) is 26.0 Å². The smallest absolute Gasteiger partial charge is 0.328 e. The fraction of sp³-hybridized carbons (Fsp3) is 0.706. The molecular formula is C17H25N3O5. The fourth-order valence-electron chi connectivity index (χ4n) is 3.86. The molecule has 1 aromatic rings. The highest BCUT2D eigenvalue weighted by atomic mass is 16.5. The van der Waals surface area contributed by atoms with Crippen molar-refractivity contribution < 1.29 is 14.3 Å². The number of H-pyrrole nitrogens is 2. The first kappa shape index (κ1) is 17.7. The van der Waals surface area contributed by atoms with Crippen molar-refractivity contribution in [2.24, 2.45) is 0 Å². The Morgan fingerprint density at radius 2 is 2.12 bits per heavy atom. The third-order valence-electron chi connectivity index (χ3n) is 5.47. The zero-order chi connectivity index (χ0) is 18.2. The molecule has 1 fully saturated rings. The SMILES string of the molecule is COC(C)(C)C(=O)NCC[C@@]12CCCC[C@@H]1c1c([nH]c(=O)[nH]c1=O)O2. The molecule has 1 saturated carbocycles. The van der Waals surface area contributed by atoms with Crippen LogP contribution < -0.4 is 21.3 Å². The Bertz CT molecular complexity index is 781. The van der Waals surface area contributed by atoms with Gasteiger partial charge in [-0.05, 0) is 33.1 Å². The Morgan fingerprint density at radius 3 is 2.84 bits per heavy atom. The van der Waals surface area contributed by atoms with E-state index in [1.54, 1.807) is 13.8 Å². The number of ether oxygens (including phenoxy) is 2. The molecule has 25 heavy (non-hydrogen) atoms. The predicted molar refractivity (Wildman–Crippen MR) is 91.0 cm³/mol. The summed E-state index contributed by atoms with van der Waals surface area (Å²) in [5, 5.41) is 2.88. The van der Waals surface area contributed by atoms with Crippen molar-refractivity contribution in [1.29, 1.82) is 0 Å². The second kappa shape index (κ2) is 6.33. The Morgan fingerprint density at radius 1 is 1.36 bits per heavy atom. The van der Waals surface area contributed by atoms with Crippen LogP contribution >= 0.6 is 0 Å². The highest BCUT2D eigenvalue weighted by Crippen LogP contribution is 2.51. The molecule has 2 atom stereocenters. The number of aromatic nitrogens is 2. The summed E-state index contributed by atoms with van der Waals surface area (Å²) in [6, 6.07) is 0. The van der Waals surface area contributed by atoms with Gasteiger partial charge in [-0.3, -0.25) is 19.6 Å². The summed E-state index contributed by atoms with van der Waals surface area (Å²) in [7, 11) is 1.49. The zero-order valence-corrected chi connectivity index (χ0v) is 14.9. The summed E-state index contributed by atoms with van der Waals surface area (Å²) in [4.78, 5) is 40.8. The maximum Gasteiger partial charge on any atom is 0.328 e. The van der Waals surface area contributed by atoms with Crippen LogP contribution in [0, 0.1) is 0 Å². The highest BCUT2D eigenvalue weighted by Gasteiger charge is 2.51. The van der Waals surface area contributed by atoms with Crippen LogP contribution in [0.25, 0.3) is 0 Å². The second-order valence-electron chi connectivity index (χ2n) is 7.34. The Hall–Kier alpha value is -2.09. The lowest BCUT2D eigenvalue weighted by Crippen LogP contribution is -2.48. The third-order valence-corrected chi connectivity index (χ3v) is 5.47. The van der Waals surface area contributed by atoms with Crippen molar-refractivity contribution in [2.45, 2.75) is 63.1 Å². The van der Waals surface area contributed by atoms with E-state index in [4.69, 9.17) is 9.47 Å². The van der Waals surface area contributed by atoms with Crippen molar-refractivity contribution in [2.75, 3.05) is 13.7 Å². The van der Waals surface area contributed by atoms with E-state index in [9.17, 15) is 14.4 Å². The predicted octanol–water partition coefficient (Wildman–Crippen LogP) is 0.783. The molecule has 0 aromatic carbocycles. The van der Waals surface area contributed by atoms with Gasteiger partial charge in [0.05, 0.1) is 5.56 Å². The minimum atomic E-state index is -0.897. The molecule has 2 aliphatic rings. The normalized spacial score (nSPS) is 25.0. The fourth-order valence-corrected chi connectivity index (χ4v) is 3.86. The van der Waals surface area contributed by atoms with E-state index < -0.39 is 16.9 Å². The van der Waals surface area contributed by atoms with Crippen molar-refractivity contribution in [1.82, 2.24) is 15.3 Å². The number of hydrogen-bond donors (Lipinski definition) is 3. The summed E-state index contributed by atoms with van der Waals surface area (Å²) in [5.41, 5.74) is -1.86. The molecule has 8 heteroatoms. The van der Waals surface area contributed by atoms with E-state index in [0.29, 0.717) is 18.5 Å². The van der Waals surface area contributed by atoms with Crippen molar-refractivity contribution in [3.63, 3.8) is 0 Å². The van der Waals surface area contributed by atoms with E-state index in [1.165, 1.54) is 7.11 Å². The Labute approximate surface area is 145 Å². The Kier molecular flexibility index (Phi) is 4.49. The van der Waals surface area contributed by atoms with Gasteiger partial charge < -0.3 is 14.8 Å². The summed E-state index contributed by atoms with van der Waals surface area (Å²) >= 11 is 0. The van der Waals surface area contributed by atoms with Crippen LogP contribution in [0.1, 0.15) is 57.4 Å². The van der Waals surface area contributed by atoms with Crippen LogP contribution in [0.15, 0.2) is 9.59 Å². The number of carbonyl (C=O) groups is 1. The first-order valence-corrected chi connectivity index (χ1v) is 8.68. The van der Waals surface area contributed by atoms with Gasteiger partial charge in [-0.25, -0.2) is 4.79 Å². The van der Waals surface area contributed by atoms with E-state index in [0.717, 1.165) is 25.7 Å². The Balaban J connectivity index is 1.78. The van der Waals surface area contributed by atoms with Crippen molar-refractivity contribution in [3.8, 4) is 5.88 Å². The number of methoxy groups -OCH3 is 1. The van der Waals surface area contributed by atoms with Gasteiger partial charge in [-0.15, -0.1) is 0 Å². The maximum absolute atomic E-state index is 12.2. The number of rotatable bonds is 5. The number of nitrogens with one attached hydrogen (secondary N) is 3. The second-order valence-corrected chi connectivity index (χ2v) is 7.34. The quantitative estimate of drug-likeness (QED) is 0.726. The van der Waals surface area contributed by atoms with Crippen LogP contribution in [0.5, 0.6) is 5.88 Å². The van der Waals surface area contributed by atoms with E-state index in [-0.39, 0.29) is 23.3 Å². The minimum absolute atomic E-state index is 0.0656. The van der Waals surface area contributed by atoms with E-state index >= 15 is 0 Å². The average Bonchev–Trinajstić information content (AvgIpc) is 2.88. The van der Waals surface area contributed by atoms with Gasteiger partial charge in [0.25, 0.3) is 11.5 Å². The summed E-state index contributed by atoms with van der Waals surface area (Å²) in [5.74, 6) is 0.0221. The molecule has 1 aliphatic carbocycles. The standard InChI is InChI=1S/C17H25N3O5/c1-16(2,24-3)14(22)18-9-8-17-7-5-4-6-10(17)11-12(21)19-15(23)20-13(11)25-17/h10H,4-9H2,1-3H3,(H,18,22)(H2,19,20,21,23)/t10-,17+/m1/s1. The molecule has 2 heterocycles. The molecule has 1 amide bonds. The lowest BCUT2D eigenvalue weighted by Gasteiger charge is -2.38. The highest BCUT2D eigenvalue weighted by molar-refractivity contribution is 5.84. The van der Waals surface area contributed by atoms with E-state index in [2.05, 4.69) is 15.3 Å². The molecule has 3 rings (SSSR count). The summed E-state index contributed by atoms with van der Waals surface area (Å²) < 4.78 is 11.3. The van der Waals surface area contributed by atoms with Gasteiger partial charge in [-0.2, -0.15) is 0 Å². The number of amides is 1. The molecule has 1 aromatic heterocycles. The van der Waals surface area contributed by atoms with Crippen LogP contribution in [0.3, 0.4) is 0 Å². The summed E-state index contributed by atoms with van der Waals surface area (Å²) in [6.45, 7) is 3.82. The minimum Gasteiger partial charge on any atom is -0.471 e. The van der Waals surface area contributed by atoms with E-state index in [1.807, 2.05) is 0 Å². The third kappa shape index (κ3) is 3.10. The zero-order valence-electron chi connectivity index (χ0n) is 14.9.